The number of ether oxygens (including phenoxy) is 1. The van der Waals surface area contributed by atoms with Gasteiger partial charge in [-0.05, 0) is 40.7 Å². The fourth-order valence-corrected chi connectivity index (χ4v) is 0.558. The quantitative estimate of drug-likeness (QED) is 0.706. The first kappa shape index (κ1) is 15.4. The number of hydrogen-bond donors (Lipinski definition) is 2. The molecule has 3 heteroatoms. The molecule has 0 aliphatic carbocycles. The molecular weight excluding hydrogens is 164 g/mol. The maximum Gasteiger partial charge on any atom is 0.0518 e. The van der Waals surface area contributed by atoms with Gasteiger partial charge < -0.3 is 16.2 Å². The van der Waals surface area contributed by atoms with E-state index < -0.39 is 0 Å². The van der Waals surface area contributed by atoms with Crippen LogP contribution in [0.3, 0.4) is 0 Å². The molecular formula is C10H26N2O. The van der Waals surface area contributed by atoms with E-state index in [-0.39, 0.29) is 5.54 Å². The van der Waals surface area contributed by atoms with Crippen LogP contribution in [-0.4, -0.2) is 24.8 Å². The zero-order chi connectivity index (χ0) is 10.9. The molecule has 0 aliphatic heterocycles. The van der Waals surface area contributed by atoms with E-state index in [2.05, 4.69) is 0 Å². The van der Waals surface area contributed by atoms with E-state index in [1.54, 1.807) is 0 Å². The fraction of sp³-hybridized carbons (Fsp3) is 1.00. The Hall–Kier alpha value is -0.120. The maximum atomic E-state index is 5.74. The Morgan fingerprint density at radius 2 is 1.69 bits per heavy atom. The first-order valence-electron chi connectivity index (χ1n) is 4.94. The topological polar surface area (TPSA) is 61.3 Å². The van der Waals surface area contributed by atoms with Crippen molar-refractivity contribution in [3.05, 3.63) is 0 Å². The van der Waals surface area contributed by atoms with Crippen LogP contribution < -0.4 is 11.5 Å². The minimum Gasteiger partial charge on any atom is -0.379 e. The monoisotopic (exact) mass is 190 g/mol. The summed E-state index contributed by atoms with van der Waals surface area (Å²) in [7, 11) is 0. The average molecular weight is 190 g/mol. The first-order chi connectivity index (χ1) is 5.83. The van der Waals surface area contributed by atoms with E-state index >= 15 is 0 Å². The standard InChI is InChI=1S/C8H19NO.C2H7N/c1-7(2)10-6-5-8(3,4)9;1-2-3/h7H,5-6,9H2,1-4H3;2-3H2,1H3. The van der Waals surface area contributed by atoms with E-state index in [1.165, 1.54) is 0 Å². The molecule has 0 aliphatic rings. The second-order valence-electron chi connectivity index (χ2n) is 4.07. The summed E-state index contributed by atoms with van der Waals surface area (Å²) < 4.78 is 5.34. The lowest BCUT2D eigenvalue weighted by Crippen LogP contribution is -2.33. The summed E-state index contributed by atoms with van der Waals surface area (Å²) in [5.74, 6) is 0. The molecule has 0 bridgehead atoms. The van der Waals surface area contributed by atoms with Crippen LogP contribution in [0.1, 0.15) is 41.0 Å². The summed E-state index contributed by atoms with van der Waals surface area (Å²) in [6.07, 6.45) is 1.24. The van der Waals surface area contributed by atoms with Crippen LogP contribution in [0.15, 0.2) is 0 Å². The lowest BCUT2D eigenvalue weighted by Gasteiger charge is -2.18. The smallest absolute Gasteiger partial charge is 0.0518 e. The number of nitrogens with two attached hydrogens (primary N) is 2. The molecule has 0 saturated carbocycles. The van der Waals surface area contributed by atoms with Gasteiger partial charge >= 0.3 is 0 Å². The van der Waals surface area contributed by atoms with Crippen LogP contribution in [0, 0.1) is 0 Å². The van der Waals surface area contributed by atoms with E-state index in [0.717, 1.165) is 19.6 Å². The molecule has 0 saturated heterocycles. The van der Waals surface area contributed by atoms with Crippen molar-refractivity contribution in [2.45, 2.75) is 52.7 Å². The molecule has 3 nitrogen and oxygen atoms in total. The highest BCUT2D eigenvalue weighted by molar-refractivity contribution is 4.70. The van der Waals surface area contributed by atoms with Gasteiger partial charge in [-0.1, -0.05) is 6.92 Å². The zero-order valence-corrected chi connectivity index (χ0v) is 9.76. The van der Waals surface area contributed by atoms with E-state index in [9.17, 15) is 0 Å². The SMILES string of the molecule is CC(C)OCCC(C)(C)N.CCN. The van der Waals surface area contributed by atoms with Crippen molar-refractivity contribution in [2.24, 2.45) is 11.5 Å². The molecule has 0 fully saturated rings. The molecule has 0 spiro atoms. The van der Waals surface area contributed by atoms with Crippen molar-refractivity contribution < 1.29 is 4.74 Å². The zero-order valence-electron chi connectivity index (χ0n) is 9.76. The van der Waals surface area contributed by atoms with Crippen molar-refractivity contribution in [1.82, 2.24) is 0 Å². The Bertz CT molecular complexity index is 97.6. The second kappa shape index (κ2) is 8.48. The Balaban J connectivity index is 0. The maximum absolute atomic E-state index is 5.74. The third kappa shape index (κ3) is 24.5. The third-order valence-corrected chi connectivity index (χ3v) is 1.20. The highest BCUT2D eigenvalue weighted by Gasteiger charge is 2.09. The molecule has 0 amide bonds. The summed E-state index contributed by atoms with van der Waals surface area (Å²) in [5, 5.41) is 0. The fourth-order valence-electron chi connectivity index (χ4n) is 0.558. The van der Waals surface area contributed by atoms with Crippen LogP contribution in [-0.2, 0) is 4.74 Å². The van der Waals surface area contributed by atoms with E-state index in [4.69, 9.17) is 16.2 Å². The predicted octanol–water partition coefficient (Wildman–Crippen LogP) is 1.50. The Labute approximate surface area is 82.8 Å². The summed E-state index contributed by atoms with van der Waals surface area (Å²) in [5.41, 5.74) is 10.5. The molecule has 0 radical (unpaired) electrons. The lowest BCUT2D eigenvalue weighted by molar-refractivity contribution is 0.0680. The molecule has 0 rings (SSSR count). The van der Waals surface area contributed by atoms with Gasteiger partial charge in [0, 0.05) is 12.1 Å². The molecule has 0 unspecified atom stereocenters. The van der Waals surface area contributed by atoms with Crippen LogP contribution in [0.4, 0.5) is 0 Å². The molecule has 0 aromatic heterocycles. The van der Waals surface area contributed by atoms with Crippen molar-refractivity contribution in [3.8, 4) is 0 Å². The molecule has 0 heterocycles. The second-order valence-corrected chi connectivity index (χ2v) is 4.07. The molecule has 82 valence electrons. The molecule has 0 aromatic carbocycles. The van der Waals surface area contributed by atoms with Gasteiger partial charge in [0.1, 0.15) is 0 Å². The van der Waals surface area contributed by atoms with Gasteiger partial charge in [-0.2, -0.15) is 0 Å². The van der Waals surface area contributed by atoms with Gasteiger partial charge in [0.25, 0.3) is 0 Å². The van der Waals surface area contributed by atoms with Gasteiger partial charge in [-0.25, -0.2) is 0 Å². The van der Waals surface area contributed by atoms with Crippen LogP contribution >= 0.6 is 0 Å². The number of hydrogen-bond acceptors (Lipinski definition) is 3. The van der Waals surface area contributed by atoms with Gasteiger partial charge in [-0.15, -0.1) is 0 Å². The molecule has 0 atom stereocenters. The van der Waals surface area contributed by atoms with Crippen LogP contribution in [0.5, 0.6) is 0 Å². The van der Waals surface area contributed by atoms with Crippen molar-refractivity contribution in [3.63, 3.8) is 0 Å². The normalized spacial score (nSPS) is 11.1. The van der Waals surface area contributed by atoms with Gasteiger partial charge in [-0.3, -0.25) is 0 Å². The molecule has 4 N–H and O–H groups in total. The Morgan fingerprint density at radius 1 is 1.31 bits per heavy atom. The Morgan fingerprint density at radius 3 is 1.92 bits per heavy atom. The van der Waals surface area contributed by atoms with Crippen LogP contribution in [0.25, 0.3) is 0 Å². The molecule has 0 aromatic rings. The van der Waals surface area contributed by atoms with E-state index in [0.29, 0.717) is 6.10 Å². The van der Waals surface area contributed by atoms with Gasteiger partial charge in [0.2, 0.25) is 0 Å². The summed E-state index contributed by atoms with van der Waals surface area (Å²) >= 11 is 0. The highest BCUT2D eigenvalue weighted by Crippen LogP contribution is 2.03. The van der Waals surface area contributed by atoms with Crippen molar-refractivity contribution >= 4 is 0 Å². The van der Waals surface area contributed by atoms with Gasteiger partial charge in [0.15, 0.2) is 0 Å². The van der Waals surface area contributed by atoms with E-state index in [1.807, 2.05) is 34.6 Å². The third-order valence-electron chi connectivity index (χ3n) is 1.20. The summed E-state index contributed by atoms with van der Waals surface area (Å²) in [6.45, 7) is 11.5. The Kier molecular flexibility index (Phi) is 10.0. The minimum atomic E-state index is -0.0884. The van der Waals surface area contributed by atoms with Crippen molar-refractivity contribution in [2.75, 3.05) is 13.2 Å². The average Bonchev–Trinajstić information content (AvgIpc) is 1.84. The highest BCUT2D eigenvalue weighted by atomic mass is 16.5. The largest absolute Gasteiger partial charge is 0.379 e. The first-order valence-corrected chi connectivity index (χ1v) is 4.94. The van der Waals surface area contributed by atoms with Crippen LogP contribution in [0.2, 0.25) is 0 Å². The van der Waals surface area contributed by atoms with Crippen molar-refractivity contribution in [1.29, 1.82) is 0 Å². The number of rotatable bonds is 4. The minimum absolute atomic E-state index is 0.0884. The van der Waals surface area contributed by atoms with Gasteiger partial charge in [0.05, 0.1) is 6.10 Å². The molecule has 13 heavy (non-hydrogen) atoms. The summed E-state index contributed by atoms with van der Waals surface area (Å²) in [6, 6.07) is 0. The predicted molar refractivity (Wildman–Crippen MR) is 58.7 cm³/mol. The summed E-state index contributed by atoms with van der Waals surface area (Å²) in [4.78, 5) is 0. The lowest BCUT2D eigenvalue weighted by atomic mass is 10.0.